The summed E-state index contributed by atoms with van der Waals surface area (Å²) in [5.41, 5.74) is 2.47. The number of anilines is 1. The number of nitro benzene ring substituents is 1. The van der Waals surface area contributed by atoms with Crippen LogP contribution in [-0.4, -0.2) is 15.9 Å². The summed E-state index contributed by atoms with van der Waals surface area (Å²) in [6.45, 7) is 1.67. The maximum Gasteiger partial charge on any atom is 0.269 e. The Bertz CT molecular complexity index is 960. The molecule has 0 unspecified atom stereocenters. The number of aryl methyl sites for hydroxylation is 1. The zero-order valence-corrected chi connectivity index (χ0v) is 13.9. The lowest BCUT2D eigenvalue weighted by Crippen LogP contribution is -2.12. The Labute approximate surface area is 149 Å². The molecular formula is C19H16N2O5. The first-order valence-corrected chi connectivity index (χ1v) is 7.84. The van der Waals surface area contributed by atoms with Crippen molar-refractivity contribution in [2.24, 2.45) is 0 Å². The van der Waals surface area contributed by atoms with Crippen molar-refractivity contribution in [3.05, 3.63) is 81.6 Å². The fourth-order valence-corrected chi connectivity index (χ4v) is 2.46. The molecule has 26 heavy (non-hydrogen) atoms. The predicted octanol–water partition coefficient (Wildman–Crippen LogP) is 3.91. The number of nitro groups is 1. The van der Waals surface area contributed by atoms with Gasteiger partial charge in [-0.05, 0) is 42.8 Å². The van der Waals surface area contributed by atoms with Gasteiger partial charge in [0, 0.05) is 28.9 Å². The van der Waals surface area contributed by atoms with E-state index in [1.165, 1.54) is 24.3 Å². The Morgan fingerprint density at radius 2 is 1.88 bits per heavy atom. The van der Waals surface area contributed by atoms with Crippen molar-refractivity contribution in [3.8, 4) is 11.3 Å². The average Bonchev–Trinajstić information content (AvgIpc) is 3.12. The monoisotopic (exact) mass is 352 g/mol. The van der Waals surface area contributed by atoms with E-state index in [4.69, 9.17) is 9.52 Å². The molecule has 0 aliphatic carbocycles. The fourth-order valence-electron chi connectivity index (χ4n) is 2.46. The number of benzene rings is 2. The van der Waals surface area contributed by atoms with E-state index in [1.54, 1.807) is 18.2 Å². The zero-order chi connectivity index (χ0) is 18.7. The number of hydrogen-bond acceptors (Lipinski definition) is 5. The number of aliphatic hydroxyl groups is 1. The van der Waals surface area contributed by atoms with E-state index in [9.17, 15) is 14.9 Å². The molecular weight excluding hydrogens is 336 g/mol. The number of aliphatic hydroxyl groups excluding tert-OH is 1. The van der Waals surface area contributed by atoms with Gasteiger partial charge in [0.2, 0.25) is 0 Å². The van der Waals surface area contributed by atoms with Crippen LogP contribution in [0.1, 0.15) is 21.7 Å². The molecule has 1 heterocycles. The summed E-state index contributed by atoms with van der Waals surface area (Å²) in [6.07, 6.45) is 0. The van der Waals surface area contributed by atoms with Gasteiger partial charge in [0.15, 0.2) is 0 Å². The van der Waals surface area contributed by atoms with Crippen LogP contribution in [0.5, 0.6) is 0 Å². The quantitative estimate of drug-likeness (QED) is 0.535. The molecule has 7 heteroatoms. The molecule has 0 atom stereocenters. The summed E-state index contributed by atoms with van der Waals surface area (Å²) < 4.78 is 5.51. The highest BCUT2D eigenvalue weighted by atomic mass is 16.6. The number of carbonyl (C=O) groups excluding carboxylic acids is 1. The van der Waals surface area contributed by atoms with Gasteiger partial charge in [0.1, 0.15) is 18.1 Å². The molecule has 0 aliphatic rings. The van der Waals surface area contributed by atoms with Gasteiger partial charge in [-0.3, -0.25) is 14.9 Å². The van der Waals surface area contributed by atoms with Crippen LogP contribution in [-0.2, 0) is 6.61 Å². The van der Waals surface area contributed by atoms with Gasteiger partial charge in [0.05, 0.1) is 4.92 Å². The van der Waals surface area contributed by atoms with Gasteiger partial charge >= 0.3 is 0 Å². The summed E-state index contributed by atoms with van der Waals surface area (Å²) in [7, 11) is 0. The van der Waals surface area contributed by atoms with Crippen LogP contribution in [0.2, 0.25) is 0 Å². The van der Waals surface area contributed by atoms with E-state index in [-0.39, 0.29) is 18.2 Å². The van der Waals surface area contributed by atoms with E-state index in [2.05, 4.69) is 5.32 Å². The third-order valence-corrected chi connectivity index (χ3v) is 3.93. The minimum absolute atomic E-state index is 0.0720. The maximum absolute atomic E-state index is 12.4. The molecule has 3 rings (SSSR count). The Morgan fingerprint density at radius 3 is 2.50 bits per heavy atom. The molecule has 7 nitrogen and oxygen atoms in total. The SMILES string of the molecule is Cc1ccc(-c2ccc(CO)o2)cc1NC(=O)c1ccc([N+](=O)[O-])cc1. The van der Waals surface area contributed by atoms with Gasteiger partial charge in [-0.1, -0.05) is 12.1 Å². The van der Waals surface area contributed by atoms with E-state index in [0.29, 0.717) is 22.8 Å². The Kier molecular flexibility index (Phi) is 4.81. The Morgan fingerprint density at radius 1 is 1.15 bits per heavy atom. The lowest BCUT2D eigenvalue weighted by Gasteiger charge is -2.10. The van der Waals surface area contributed by atoms with Gasteiger partial charge in [-0.15, -0.1) is 0 Å². The van der Waals surface area contributed by atoms with Gasteiger partial charge < -0.3 is 14.8 Å². The van der Waals surface area contributed by atoms with Gasteiger partial charge in [0.25, 0.3) is 11.6 Å². The van der Waals surface area contributed by atoms with Crippen molar-refractivity contribution in [3.63, 3.8) is 0 Å². The highest BCUT2D eigenvalue weighted by Crippen LogP contribution is 2.27. The summed E-state index contributed by atoms with van der Waals surface area (Å²) in [5.74, 6) is 0.674. The second kappa shape index (κ2) is 7.20. The number of rotatable bonds is 5. The number of furan rings is 1. The first kappa shape index (κ1) is 17.4. The topological polar surface area (TPSA) is 106 Å². The van der Waals surface area contributed by atoms with E-state index >= 15 is 0 Å². The highest BCUT2D eigenvalue weighted by Gasteiger charge is 2.12. The number of non-ortho nitro benzene ring substituents is 1. The van der Waals surface area contributed by atoms with Crippen LogP contribution in [0, 0.1) is 17.0 Å². The van der Waals surface area contributed by atoms with Crippen LogP contribution in [0.3, 0.4) is 0 Å². The summed E-state index contributed by atoms with van der Waals surface area (Å²) in [4.78, 5) is 22.6. The predicted molar refractivity (Wildman–Crippen MR) is 95.9 cm³/mol. The van der Waals surface area contributed by atoms with E-state index in [1.807, 2.05) is 19.1 Å². The van der Waals surface area contributed by atoms with Crippen LogP contribution in [0.15, 0.2) is 59.0 Å². The molecule has 0 saturated carbocycles. The first-order valence-electron chi connectivity index (χ1n) is 7.84. The molecule has 1 amide bonds. The van der Waals surface area contributed by atoms with Crippen LogP contribution in [0.4, 0.5) is 11.4 Å². The smallest absolute Gasteiger partial charge is 0.269 e. The Balaban J connectivity index is 1.83. The van der Waals surface area contributed by atoms with Crippen molar-refractivity contribution >= 4 is 17.3 Å². The standard InChI is InChI=1S/C19H16N2O5/c1-12-2-3-14(18-9-8-16(11-22)26-18)10-17(12)20-19(23)13-4-6-15(7-5-13)21(24)25/h2-10,22H,11H2,1H3,(H,20,23). The summed E-state index contributed by atoms with van der Waals surface area (Å²) >= 11 is 0. The molecule has 0 bridgehead atoms. The molecule has 3 aromatic rings. The summed E-state index contributed by atoms with van der Waals surface area (Å²) in [5, 5.41) is 22.6. The van der Waals surface area contributed by atoms with Crippen LogP contribution >= 0.6 is 0 Å². The Hall–Kier alpha value is -3.45. The van der Waals surface area contributed by atoms with Crippen molar-refractivity contribution in [1.29, 1.82) is 0 Å². The summed E-state index contributed by atoms with van der Waals surface area (Å²) in [6, 6.07) is 14.3. The molecule has 2 N–H and O–H groups in total. The molecule has 0 spiro atoms. The van der Waals surface area contributed by atoms with Crippen LogP contribution in [0.25, 0.3) is 11.3 Å². The third kappa shape index (κ3) is 3.62. The van der Waals surface area contributed by atoms with E-state index < -0.39 is 4.92 Å². The second-order valence-electron chi connectivity index (χ2n) is 5.71. The maximum atomic E-state index is 12.4. The molecule has 0 fully saturated rings. The molecule has 0 aliphatic heterocycles. The molecule has 0 radical (unpaired) electrons. The molecule has 0 saturated heterocycles. The number of nitrogens with one attached hydrogen (secondary N) is 1. The lowest BCUT2D eigenvalue weighted by molar-refractivity contribution is -0.384. The largest absolute Gasteiger partial charge is 0.459 e. The number of nitrogens with zero attached hydrogens (tertiary/aromatic N) is 1. The number of amides is 1. The first-order chi connectivity index (χ1) is 12.5. The normalized spacial score (nSPS) is 10.5. The van der Waals surface area contributed by atoms with E-state index in [0.717, 1.165) is 11.1 Å². The minimum atomic E-state index is -0.515. The lowest BCUT2D eigenvalue weighted by atomic mass is 10.1. The van der Waals surface area contributed by atoms with Crippen molar-refractivity contribution in [2.45, 2.75) is 13.5 Å². The van der Waals surface area contributed by atoms with Gasteiger partial charge in [-0.2, -0.15) is 0 Å². The number of hydrogen-bond donors (Lipinski definition) is 2. The van der Waals surface area contributed by atoms with Crippen molar-refractivity contribution in [2.75, 3.05) is 5.32 Å². The molecule has 1 aromatic heterocycles. The highest BCUT2D eigenvalue weighted by molar-refractivity contribution is 6.05. The second-order valence-corrected chi connectivity index (χ2v) is 5.71. The fraction of sp³-hybridized carbons (Fsp3) is 0.105. The zero-order valence-electron chi connectivity index (χ0n) is 13.9. The third-order valence-electron chi connectivity index (χ3n) is 3.93. The molecule has 2 aromatic carbocycles. The molecule has 132 valence electrons. The average molecular weight is 352 g/mol. The van der Waals surface area contributed by atoms with Gasteiger partial charge in [-0.25, -0.2) is 0 Å². The number of carbonyl (C=O) groups is 1. The van der Waals surface area contributed by atoms with Crippen molar-refractivity contribution < 1.29 is 19.2 Å². The van der Waals surface area contributed by atoms with Crippen LogP contribution < -0.4 is 5.32 Å². The minimum Gasteiger partial charge on any atom is -0.459 e. The van der Waals surface area contributed by atoms with Crippen molar-refractivity contribution in [1.82, 2.24) is 0 Å².